The zero-order valence-corrected chi connectivity index (χ0v) is 27.0. The van der Waals surface area contributed by atoms with Gasteiger partial charge in [-0.3, -0.25) is 0 Å². The number of aromatic nitrogens is 2. The van der Waals surface area contributed by atoms with E-state index in [9.17, 15) is 0 Å². The average Bonchev–Trinajstić information content (AvgIpc) is 3.56. The van der Waals surface area contributed by atoms with Crippen molar-refractivity contribution in [1.29, 1.82) is 0 Å². The molecule has 0 N–H and O–H groups in total. The van der Waals surface area contributed by atoms with Crippen molar-refractivity contribution >= 4 is 64.2 Å². The van der Waals surface area contributed by atoms with Crippen LogP contribution in [0.4, 0.5) is 0 Å². The van der Waals surface area contributed by atoms with Crippen molar-refractivity contribution in [3.05, 3.63) is 120 Å². The summed E-state index contributed by atoms with van der Waals surface area (Å²) >= 11 is 1.84. The number of rotatable bonds is 2. The van der Waals surface area contributed by atoms with Gasteiger partial charge in [-0.25, -0.2) is 4.98 Å². The Morgan fingerprint density at radius 2 is 1.14 bits per heavy atom. The fourth-order valence-electron chi connectivity index (χ4n) is 6.63. The molecular weight excluding hydrogens is 553 g/mol. The molecule has 0 saturated carbocycles. The fourth-order valence-corrected chi connectivity index (χ4v) is 7.86. The van der Waals surface area contributed by atoms with Crippen LogP contribution in [0.2, 0.25) is 0 Å². The molecule has 0 atom stereocenters. The van der Waals surface area contributed by atoms with E-state index in [0.29, 0.717) is 0 Å². The molecule has 0 radical (unpaired) electrons. The monoisotopic (exact) mass is 588 g/mol. The lowest BCUT2D eigenvalue weighted by atomic mass is 9.85. The van der Waals surface area contributed by atoms with Crippen LogP contribution in [-0.2, 0) is 10.8 Å². The first-order valence-corrected chi connectivity index (χ1v) is 16.3. The summed E-state index contributed by atoms with van der Waals surface area (Å²) in [7, 11) is 0. The smallest absolute Gasteiger partial charge is 0.0888 e. The highest BCUT2D eigenvalue weighted by molar-refractivity contribution is 7.26. The van der Waals surface area contributed by atoms with Crippen molar-refractivity contribution in [2.45, 2.75) is 52.4 Å². The van der Waals surface area contributed by atoms with Crippen LogP contribution in [0.3, 0.4) is 0 Å². The SMILES string of the molecule is CC(C)(C)c1ccc2c(c1)c1cc(C(C)(C)C)ccc1n2-c1ccc(-c2nc3ccccc3c3c2sc2ccccc23)cc1. The van der Waals surface area contributed by atoms with Crippen LogP contribution < -0.4 is 0 Å². The minimum absolute atomic E-state index is 0.0800. The molecule has 2 nitrogen and oxygen atoms in total. The Bertz CT molecular complexity index is 2320. The number of hydrogen-bond donors (Lipinski definition) is 0. The number of nitrogens with zero attached hydrogens (tertiary/aromatic N) is 2. The summed E-state index contributed by atoms with van der Waals surface area (Å²) in [4.78, 5) is 5.23. The molecule has 3 aromatic heterocycles. The maximum atomic E-state index is 5.23. The molecule has 0 saturated heterocycles. The summed E-state index contributed by atoms with van der Waals surface area (Å²) in [6.45, 7) is 13.8. The third kappa shape index (κ3) is 4.17. The quantitative estimate of drug-likeness (QED) is 0.196. The van der Waals surface area contributed by atoms with E-state index in [0.717, 1.165) is 22.5 Å². The minimum atomic E-state index is 0.0800. The molecule has 0 spiro atoms. The van der Waals surface area contributed by atoms with E-state index in [1.54, 1.807) is 0 Å². The predicted molar refractivity (Wildman–Crippen MR) is 192 cm³/mol. The Morgan fingerprint density at radius 3 is 1.75 bits per heavy atom. The van der Waals surface area contributed by atoms with E-state index in [1.165, 1.54) is 58.5 Å². The Balaban J connectivity index is 1.34. The van der Waals surface area contributed by atoms with Crippen LogP contribution in [0.1, 0.15) is 52.7 Å². The highest BCUT2D eigenvalue weighted by atomic mass is 32.1. The Kier molecular flexibility index (Phi) is 5.86. The van der Waals surface area contributed by atoms with Gasteiger partial charge < -0.3 is 4.57 Å². The summed E-state index contributed by atoms with van der Waals surface area (Å²) in [5, 5.41) is 6.45. The van der Waals surface area contributed by atoms with Gasteiger partial charge in [0.1, 0.15) is 0 Å². The lowest BCUT2D eigenvalue weighted by Crippen LogP contribution is -2.10. The van der Waals surface area contributed by atoms with Gasteiger partial charge in [0.25, 0.3) is 0 Å². The zero-order chi connectivity index (χ0) is 30.4. The van der Waals surface area contributed by atoms with Gasteiger partial charge in [-0.2, -0.15) is 0 Å². The van der Waals surface area contributed by atoms with Crippen molar-refractivity contribution < 1.29 is 0 Å². The number of para-hydroxylation sites is 1. The van der Waals surface area contributed by atoms with Gasteiger partial charge in [0.2, 0.25) is 0 Å². The highest BCUT2D eigenvalue weighted by Crippen LogP contribution is 2.43. The van der Waals surface area contributed by atoms with Gasteiger partial charge >= 0.3 is 0 Å². The second-order valence-corrected chi connectivity index (χ2v) is 15.2. The molecule has 216 valence electrons. The second kappa shape index (κ2) is 9.51. The van der Waals surface area contributed by atoms with Crippen LogP contribution in [0.5, 0.6) is 0 Å². The molecule has 0 aliphatic heterocycles. The molecule has 8 rings (SSSR count). The Hall–Kier alpha value is -4.47. The fraction of sp³-hybridized carbons (Fsp3) is 0.195. The van der Waals surface area contributed by atoms with Crippen LogP contribution in [-0.4, -0.2) is 9.55 Å². The molecule has 3 heterocycles. The summed E-state index contributed by atoms with van der Waals surface area (Å²) in [6, 6.07) is 40.3. The van der Waals surface area contributed by atoms with Crippen LogP contribution in [0.15, 0.2) is 109 Å². The molecule has 3 heteroatoms. The predicted octanol–water partition coefficient (Wildman–Crippen LogP) is 12.0. The topological polar surface area (TPSA) is 17.8 Å². The largest absolute Gasteiger partial charge is 0.309 e. The molecule has 0 aliphatic carbocycles. The van der Waals surface area contributed by atoms with Crippen LogP contribution in [0, 0.1) is 0 Å². The lowest BCUT2D eigenvalue weighted by Gasteiger charge is -2.19. The van der Waals surface area contributed by atoms with Gasteiger partial charge in [0.05, 0.1) is 26.9 Å². The standard InChI is InChI=1S/C41H36N2S/c1-40(2,3)26-17-21-34-31(23-26)32-24-27(41(4,5)6)18-22-35(32)43(34)28-19-15-25(16-20-28)38-39-37(29-11-7-9-13-33(29)42-38)30-12-8-10-14-36(30)44-39/h7-24H,1-6H3. The maximum Gasteiger partial charge on any atom is 0.0888 e. The van der Waals surface area contributed by atoms with Crippen molar-refractivity contribution in [1.82, 2.24) is 9.55 Å². The van der Waals surface area contributed by atoms with Gasteiger partial charge in [-0.15, -0.1) is 11.3 Å². The van der Waals surface area contributed by atoms with E-state index < -0.39 is 0 Å². The van der Waals surface area contributed by atoms with E-state index in [1.807, 2.05) is 11.3 Å². The molecule has 0 aliphatic rings. The summed E-state index contributed by atoms with van der Waals surface area (Å²) < 4.78 is 4.97. The molecule has 5 aromatic carbocycles. The van der Waals surface area contributed by atoms with Crippen molar-refractivity contribution in [2.24, 2.45) is 0 Å². The third-order valence-corrected chi connectivity index (χ3v) is 10.3. The van der Waals surface area contributed by atoms with Crippen molar-refractivity contribution in [2.75, 3.05) is 0 Å². The van der Waals surface area contributed by atoms with Crippen molar-refractivity contribution in [3.8, 4) is 16.9 Å². The number of benzene rings is 5. The molecule has 0 amide bonds. The first-order valence-electron chi connectivity index (χ1n) is 15.5. The average molecular weight is 589 g/mol. The first kappa shape index (κ1) is 27.1. The first-order chi connectivity index (χ1) is 21.1. The lowest BCUT2D eigenvalue weighted by molar-refractivity contribution is 0.590. The molecule has 44 heavy (non-hydrogen) atoms. The van der Waals surface area contributed by atoms with Crippen LogP contribution >= 0.6 is 11.3 Å². The number of pyridine rings is 1. The van der Waals surface area contributed by atoms with E-state index in [4.69, 9.17) is 4.98 Å². The minimum Gasteiger partial charge on any atom is -0.309 e. The van der Waals surface area contributed by atoms with Crippen molar-refractivity contribution in [3.63, 3.8) is 0 Å². The molecule has 0 unspecified atom stereocenters. The highest BCUT2D eigenvalue weighted by Gasteiger charge is 2.21. The third-order valence-electron chi connectivity index (χ3n) is 9.11. The summed E-state index contributed by atoms with van der Waals surface area (Å²) in [6.07, 6.45) is 0. The molecule has 0 fully saturated rings. The van der Waals surface area contributed by atoms with Gasteiger partial charge in [-0.05, 0) is 70.5 Å². The molecule has 0 bridgehead atoms. The van der Waals surface area contributed by atoms with Gasteiger partial charge in [0, 0.05) is 42.9 Å². The summed E-state index contributed by atoms with van der Waals surface area (Å²) in [5.41, 5.74) is 9.74. The van der Waals surface area contributed by atoms with Gasteiger partial charge in [0.15, 0.2) is 0 Å². The zero-order valence-electron chi connectivity index (χ0n) is 26.2. The van der Waals surface area contributed by atoms with Crippen LogP contribution in [0.25, 0.3) is 69.8 Å². The van der Waals surface area contributed by atoms with Gasteiger partial charge in [-0.1, -0.05) is 102 Å². The number of fused-ring (bicyclic) bond motifs is 8. The Morgan fingerprint density at radius 1 is 0.568 bits per heavy atom. The van der Waals surface area contributed by atoms with E-state index >= 15 is 0 Å². The normalized spacial score (nSPS) is 12.8. The summed E-state index contributed by atoms with van der Waals surface area (Å²) in [5.74, 6) is 0. The second-order valence-electron chi connectivity index (χ2n) is 14.1. The molecule has 8 aromatic rings. The number of hydrogen-bond acceptors (Lipinski definition) is 2. The van der Waals surface area contributed by atoms with E-state index in [2.05, 4.69) is 155 Å². The maximum absolute atomic E-state index is 5.23. The van der Waals surface area contributed by atoms with E-state index in [-0.39, 0.29) is 10.8 Å². The molecular formula is C41H36N2S. The Labute approximate surface area is 262 Å². The number of thiophene rings is 1.